The van der Waals surface area contributed by atoms with Crippen LogP contribution >= 0.6 is 0 Å². The Morgan fingerprint density at radius 1 is 1.09 bits per heavy atom. The van der Waals surface area contributed by atoms with E-state index in [1.165, 1.54) is 11.7 Å². The molecule has 0 fully saturated rings. The molecular weight excluding hydrogens is 420 g/mol. The highest BCUT2D eigenvalue weighted by Gasteiger charge is 2.20. The van der Waals surface area contributed by atoms with Crippen molar-refractivity contribution in [3.8, 4) is 28.6 Å². The average molecular weight is 444 g/mol. The molecule has 0 atom stereocenters. The van der Waals surface area contributed by atoms with Gasteiger partial charge < -0.3 is 19.1 Å². The van der Waals surface area contributed by atoms with Crippen LogP contribution in [0.1, 0.15) is 16.8 Å². The zero-order valence-electron chi connectivity index (χ0n) is 18.9. The molecule has 8 heteroatoms. The molecule has 4 rings (SSSR count). The Morgan fingerprint density at radius 3 is 2.58 bits per heavy atom. The predicted molar refractivity (Wildman–Crippen MR) is 125 cm³/mol. The highest BCUT2D eigenvalue weighted by molar-refractivity contribution is 5.92. The predicted octanol–water partition coefficient (Wildman–Crippen LogP) is 4.14. The van der Waals surface area contributed by atoms with Gasteiger partial charge in [0.25, 0.3) is 11.4 Å². The maximum atomic E-state index is 13.4. The maximum Gasteiger partial charge on any atom is 0.264 e. The molecule has 0 saturated carbocycles. The summed E-state index contributed by atoms with van der Waals surface area (Å²) in [4.78, 5) is 30.6. The van der Waals surface area contributed by atoms with E-state index in [2.05, 4.69) is 15.5 Å². The van der Waals surface area contributed by atoms with Crippen molar-refractivity contribution in [2.24, 2.45) is 0 Å². The molecule has 0 radical (unpaired) electrons. The molecule has 33 heavy (non-hydrogen) atoms. The summed E-state index contributed by atoms with van der Waals surface area (Å²) in [5.74, 6) is 0.697. The molecule has 2 aromatic carbocycles. The number of hydrogen-bond acceptors (Lipinski definition) is 6. The Balaban J connectivity index is 1.65. The summed E-state index contributed by atoms with van der Waals surface area (Å²) in [6.45, 7) is 5.33. The van der Waals surface area contributed by atoms with E-state index in [0.29, 0.717) is 28.5 Å². The van der Waals surface area contributed by atoms with Crippen LogP contribution in [0.4, 0.5) is 5.69 Å². The first-order chi connectivity index (χ1) is 15.9. The monoisotopic (exact) mass is 444 g/mol. The summed E-state index contributed by atoms with van der Waals surface area (Å²) in [5.41, 5.74) is 3.54. The van der Waals surface area contributed by atoms with Gasteiger partial charge in [0.05, 0.1) is 12.8 Å². The van der Waals surface area contributed by atoms with Crippen LogP contribution in [0, 0.1) is 20.8 Å². The summed E-state index contributed by atoms with van der Waals surface area (Å²) in [5, 5.41) is 6.84. The Labute approximate surface area is 190 Å². The molecule has 1 N–H and O–H groups in total. The van der Waals surface area contributed by atoms with Gasteiger partial charge in [-0.05, 0) is 50.1 Å². The summed E-state index contributed by atoms with van der Waals surface area (Å²) >= 11 is 0. The van der Waals surface area contributed by atoms with Crippen molar-refractivity contribution in [1.29, 1.82) is 0 Å². The van der Waals surface area contributed by atoms with Crippen LogP contribution in [0.15, 0.2) is 63.9 Å². The first-order valence-corrected chi connectivity index (χ1v) is 10.4. The molecule has 0 aliphatic heterocycles. The van der Waals surface area contributed by atoms with Crippen LogP contribution in [0.2, 0.25) is 0 Å². The van der Waals surface area contributed by atoms with Gasteiger partial charge in [-0.25, -0.2) is 0 Å². The van der Waals surface area contributed by atoms with Crippen LogP contribution in [0.3, 0.4) is 0 Å². The van der Waals surface area contributed by atoms with Crippen LogP contribution in [0.5, 0.6) is 5.75 Å². The molecule has 1 amide bonds. The van der Waals surface area contributed by atoms with E-state index in [4.69, 9.17) is 9.26 Å². The van der Waals surface area contributed by atoms with E-state index in [1.807, 2.05) is 55.5 Å². The molecule has 2 heterocycles. The van der Waals surface area contributed by atoms with Crippen molar-refractivity contribution < 1.29 is 14.1 Å². The minimum Gasteiger partial charge on any atom is -0.495 e. The van der Waals surface area contributed by atoms with Gasteiger partial charge in [0.1, 0.15) is 17.9 Å². The first-order valence-electron chi connectivity index (χ1n) is 10.4. The molecule has 0 aliphatic carbocycles. The van der Waals surface area contributed by atoms with Gasteiger partial charge in [0, 0.05) is 11.3 Å². The summed E-state index contributed by atoms with van der Waals surface area (Å²) in [7, 11) is 1.54. The number of benzene rings is 2. The summed E-state index contributed by atoms with van der Waals surface area (Å²) in [6, 6.07) is 16.7. The minimum absolute atomic E-state index is 0.117. The first kappa shape index (κ1) is 22.0. The zero-order valence-corrected chi connectivity index (χ0v) is 18.9. The smallest absolute Gasteiger partial charge is 0.264 e. The van der Waals surface area contributed by atoms with Crippen LogP contribution in [-0.2, 0) is 11.3 Å². The maximum absolute atomic E-state index is 13.4. The fraction of sp³-hybridized carbons (Fsp3) is 0.200. The van der Waals surface area contributed by atoms with Crippen molar-refractivity contribution in [2.45, 2.75) is 27.3 Å². The normalized spacial score (nSPS) is 10.8. The number of aromatic nitrogens is 3. The molecule has 4 aromatic rings. The third kappa shape index (κ3) is 4.55. The van der Waals surface area contributed by atoms with Crippen LogP contribution in [-0.4, -0.2) is 27.7 Å². The van der Waals surface area contributed by atoms with E-state index >= 15 is 0 Å². The average Bonchev–Trinajstić information content (AvgIpc) is 3.27. The van der Waals surface area contributed by atoms with E-state index in [1.54, 1.807) is 19.9 Å². The van der Waals surface area contributed by atoms with Gasteiger partial charge >= 0.3 is 0 Å². The topological polar surface area (TPSA) is 99.2 Å². The largest absolute Gasteiger partial charge is 0.495 e. The number of methoxy groups -OCH3 is 1. The molecule has 2 aromatic heterocycles. The van der Waals surface area contributed by atoms with Gasteiger partial charge in [0.2, 0.25) is 11.7 Å². The molecule has 8 nitrogen and oxygen atoms in total. The van der Waals surface area contributed by atoms with Crippen molar-refractivity contribution in [1.82, 2.24) is 14.7 Å². The number of anilines is 1. The standard InChI is InChI=1S/C25H24N4O4/c1-15-10-11-20(32-4)19(12-15)26-21(30)14-29-17(3)13-16(2)22(25(29)31)24-27-23(28-33-24)18-8-6-5-7-9-18/h5-13H,14H2,1-4H3,(H,26,30). The number of rotatable bonds is 6. The second-order valence-corrected chi connectivity index (χ2v) is 7.78. The number of carbonyl (C=O) groups is 1. The van der Waals surface area contributed by atoms with Crippen molar-refractivity contribution in [3.63, 3.8) is 0 Å². The molecular formula is C25H24N4O4. The van der Waals surface area contributed by atoms with Gasteiger partial charge in [-0.2, -0.15) is 4.98 Å². The lowest BCUT2D eigenvalue weighted by Crippen LogP contribution is -2.30. The fourth-order valence-corrected chi connectivity index (χ4v) is 3.67. The fourth-order valence-electron chi connectivity index (χ4n) is 3.67. The van der Waals surface area contributed by atoms with Crippen molar-refractivity contribution >= 4 is 11.6 Å². The number of amides is 1. The molecule has 0 saturated heterocycles. The Hall–Kier alpha value is -4.20. The molecule has 0 bridgehead atoms. The highest BCUT2D eigenvalue weighted by Crippen LogP contribution is 2.26. The SMILES string of the molecule is COc1ccc(C)cc1NC(=O)Cn1c(C)cc(C)c(-c2nc(-c3ccccc3)no2)c1=O. The lowest BCUT2D eigenvalue weighted by molar-refractivity contribution is -0.116. The molecule has 0 aliphatic rings. The van der Waals surface area contributed by atoms with Crippen molar-refractivity contribution in [2.75, 3.05) is 12.4 Å². The van der Waals surface area contributed by atoms with E-state index in [-0.39, 0.29) is 29.5 Å². The third-order valence-electron chi connectivity index (χ3n) is 5.31. The van der Waals surface area contributed by atoms with Crippen LogP contribution < -0.4 is 15.6 Å². The van der Waals surface area contributed by atoms with Gasteiger partial charge in [-0.1, -0.05) is 41.6 Å². The minimum atomic E-state index is -0.373. The van der Waals surface area contributed by atoms with E-state index < -0.39 is 0 Å². The number of nitrogens with one attached hydrogen (secondary N) is 1. The zero-order chi connectivity index (χ0) is 23.5. The third-order valence-corrected chi connectivity index (χ3v) is 5.31. The second kappa shape index (κ2) is 9.12. The second-order valence-electron chi connectivity index (χ2n) is 7.78. The lowest BCUT2D eigenvalue weighted by atomic mass is 10.1. The van der Waals surface area contributed by atoms with E-state index in [9.17, 15) is 9.59 Å². The van der Waals surface area contributed by atoms with Crippen molar-refractivity contribution in [3.05, 3.63) is 81.8 Å². The molecule has 168 valence electrons. The number of nitrogens with zero attached hydrogens (tertiary/aromatic N) is 3. The quantitative estimate of drug-likeness (QED) is 0.480. The number of pyridine rings is 1. The number of hydrogen-bond donors (Lipinski definition) is 1. The summed E-state index contributed by atoms with van der Waals surface area (Å²) < 4.78 is 12.1. The van der Waals surface area contributed by atoms with E-state index in [0.717, 1.165) is 11.1 Å². The number of ether oxygens (including phenoxy) is 1. The van der Waals surface area contributed by atoms with Gasteiger partial charge in [0.15, 0.2) is 0 Å². The molecule has 0 unspecified atom stereocenters. The number of aryl methyl sites for hydroxylation is 3. The lowest BCUT2D eigenvalue weighted by Gasteiger charge is -2.14. The molecule has 0 spiro atoms. The van der Waals surface area contributed by atoms with Gasteiger partial charge in [-0.3, -0.25) is 9.59 Å². The van der Waals surface area contributed by atoms with Crippen LogP contribution in [0.25, 0.3) is 22.8 Å². The van der Waals surface area contributed by atoms with Gasteiger partial charge in [-0.15, -0.1) is 0 Å². The summed E-state index contributed by atoms with van der Waals surface area (Å²) in [6.07, 6.45) is 0. The number of carbonyl (C=O) groups excluding carboxylic acids is 1. The Kier molecular flexibility index (Phi) is 6.08. The Bertz CT molecular complexity index is 1370. The Morgan fingerprint density at radius 2 is 1.85 bits per heavy atom. The highest BCUT2D eigenvalue weighted by atomic mass is 16.5.